The number of hydrogen-bond acceptors (Lipinski definition) is 3. The quantitative estimate of drug-likeness (QED) is 0.699. The van der Waals surface area contributed by atoms with E-state index in [-0.39, 0.29) is 11.5 Å². The van der Waals surface area contributed by atoms with Gasteiger partial charge in [0, 0.05) is 18.1 Å². The summed E-state index contributed by atoms with van der Waals surface area (Å²) in [5.41, 5.74) is 4.50. The molecule has 0 radical (unpaired) electrons. The van der Waals surface area contributed by atoms with Gasteiger partial charge in [-0.05, 0) is 47.7 Å². The van der Waals surface area contributed by atoms with Crippen molar-refractivity contribution < 1.29 is 14.9 Å². The summed E-state index contributed by atoms with van der Waals surface area (Å²) in [6.07, 6.45) is 2.41. The highest BCUT2D eigenvalue weighted by Crippen LogP contribution is 2.31. The van der Waals surface area contributed by atoms with Crippen LogP contribution in [-0.4, -0.2) is 17.3 Å². The van der Waals surface area contributed by atoms with E-state index in [1.807, 2.05) is 36.4 Å². The third kappa shape index (κ3) is 4.32. The second kappa shape index (κ2) is 7.75. The summed E-state index contributed by atoms with van der Waals surface area (Å²) in [5, 5.41) is 19.5. The van der Waals surface area contributed by atoms with Gasteiger partial charge >= 0.3 is 0 Å². The second-order valence-electron chi connectivity index (χ2n) is 6.11. The average Bonchev–Trinajstić information content (AvgIpc) is 2.64. The molecule has 3 aromatic carbocycles. The molecule has 3 aromatic rings. The Hall–Kier alpha value is -2.94. The topological polar surface area (TPSA) is 49.7 Å². The summed E-state index contributed by atoms with van der Waals surface area (Å²) in [7, 11) is 1.62. The van der Waals surface area contributed by atoms with Gasteiger partial charge in [-0.15, -0.1) is 0 Å². The molecule has 0 saturated carbocycles. The van der Waals surface area contributed by atoms with Crippen LogP contribution in [0.25, 0.3) is 0 Å². The fourth-order valence-corrected chi connectivity index (χ4v) is 3.03. The number of phenols is 2. The van der Waals surface area contributed by atoms with Gasteiger partial charge in [0.1, 0.15) is 17.2 Å². The maximum Gasteiger partial charge on any atom is 0.126 e. The van der Waals surface area contributed by atoms with Crippen LogP contribution in [0.5, 0.6) is 17.2 Å². The van der Waals surface area contributed by atoms with Crippen LogP contribution in [0.1, 0.15) is 22.3 Å². The summed E-state index contributed by atoms with van der Waals surface area (Å²) < 4.78 is 5.51. The smallest absolute Gasteiger partial charge is 0.126 e. The number of rotatable bonds is 6. The van der Waals surface area contributed by atoms with Gasteiger partial charge in [0.2, 0.25) is 0 Å². The zero-order chi connectivity index (χ0) is 17.6. The molecule has 0 aliphatic heterocycles. The number of ether oxygens (including phenoxy) is 1. The monoisotopic (exact) mass is 334 g/mol. The first-order valence-electron chi connectivity index (χ1n) is 8.36. The molecule has 0 bridgehead atoms. The van der Waals surface area contributed by atoms with Gasteiger partial charge in [-0.2, -0.15) is 0 Å². The highest BCUT2D eigenvalue weighted by Gasteiger charge is 2.13. The molecule has 0 unspecified atom stereocenters. The van der Waals surface area contributed by atoms with Crippen molar-refractivity contribution in [3.05, 3.63) is 89.0 Å². The van der Waals surface area contributed by atoms with Gasteiger partial charge in [0.25, 0.3) is 0 Å². The van der Waals surface area contributed by atoms with E-state index in [1.165, 1.54) is 5.56 Å². The lowest BCUT2D eigenvalue weighted by Crippen LogP contribution is -2.02. The van der Waals surface area contributed by atoms with Gasteiger partial charge < -0.3 is 14.9 Å². The molecule has 3 rings (SSSR count). The van der Waals surface area contributed by atoms with Crippen molar-refractivity contribution >= 4 is 0 Å². The SMILES string of the molecule is COc1cc(O)cc(CCc2ccccc2)c1Cc1ccc(O)cc1. The fourth-order valence-electron chi connectivity index (χ4n) is 3.03. The van der Waals surface area contributed by atoms with Crippen LogP contribution < -0.4 is 4.74 Å². The third-order valence-electron chi connectivity index (χ3n) is 4.35. The van der Waals surface area contributed by atoms with Crippen molar-refractivity contribution in [3.63, 3.8) is 0 Å². The Morgan fingerprint density at radius 1 is 0.760 bits per heavy atom. The lowest BCUT2D eigenvalue weighted by Gasteiger charge is -2.15. The van der Waals surface area contributed by atoms with Gasteiger partial charge in [-0.1, -0.05) is 42.5 Å². The van der Waals surface area contributed by atoms with Gasteiger partial charge in [0.15, 0.2) is 0 Å². The third-order valence-corrected chi connectivity index (χ3v) is 4.35. The van der Waals surface area contributed by atoms with Crippen LogP contribution in [0, 0.1) is 0 Å². The average molecular weight is 334 g/mol. The minimum atomic E-state index is 0.217. The molecule has 0 heterocycles. The van der Waals surface area contributed by atoms with E-state index in [0.717, 1.165) is 29.5 Å². The number of methoxy groups -OCH3 is 1. The van der Waals surface area contributed by atoms with E-state index in [1.54, 1.807) is 25.3 Å². The zero-order valence-corrected chi connectivity index (χ0v) is 14.3. The molecule has 0 atom stereocenters. The first-order valence-corrected chi connectivity index (χ1v) is 8.36. The summed E-state index contributed by atoms with van der Waals surface area (Å²) in [6.45, 7) is 0. The maximum atomic E-state index is 10.0. The van der Waals surface area contributed by atoms with Crippen molar-refractivity contribution in [1.82, 2.24) is 0 Å². The number of phenolic OH excluding ortho intramolecular Hbond substituents is 2. The van der Waals surface area contributed by atoms with Crippen LogP contribution in [0.15, 0.2) is 66.7 Å². The van der Waals surface area contributed by atoms with Crippen LogP contribution in [-0.2, 0) is 19.3 Å². The number of aromatic hydroxyl groups is 2. The van der Waals surface area contributed by atoms with Crippen molar-refractivity contribution in [2.75, 3.05) is 7.11 Å². The van der Waals surface area contributed by atoms with Crippen LogP contribution in [0.3, 0.4) is 0 Å². The molecule has 128 valence electrons. The van der Waals surface area contributed by atoms with E-state index in [2.05, 4.69) is 12.1 Å². The molecule has 0 aliphatic rings. The van der Waals surface area contributed by atoms with Crippen molar-refractivity contribution in [2.24, 2.45) is 0 Å². The highest BCUT2D eigenvalue weighted by atomic mass is 16.5. The molecule has 0 saturated heterocycles. The number of hydrogen-bond donors (Lipinski definition) is 2. The summed E-state index contributed by atoms with van der Waals surface area (Å²) in [5.74, 6) is 1.16. The molecule has 0 amide bonds. The molecule has 25 heavy (non-hydrogen) atoms. The Bertz CT molecular complexity index is 824. The molecular weight excluding hydrogens is 312 g/mol. The summed E-state index contributed by atoms with van der Waals surface area (Å²) in [4.78, 5) is 0. The predicted molar refractivity (Wildman–Crippen MR) is 99.4 cm³/mol. The largest absolute Gasteiger partial charge is 0.508 e. The minimum Gasteiger partial charge on any atom is -0.508 e. The molecule has 0 spiro atoms. The molecule has 3 heteroatoms. The summed E-state index contributed by atoms with van der Waals surface area (Å²) >= 11 is 0. The van der Waals surface area contributed by atoms with E-state index >= 15 is 0 Å². The lowest BCUT2D eigenvalue weighted by molar-refractivity contribution is 0.402. The Morgan fingerprint density at radius 3 is 2.16 bits per heavy atom. The molecule has 3 nitrogen and oxygen atoms in total. The summed E-state index contributed by atoms with van der Waals surface area (Å²) in [6, 6.07) is 21.0. The van der Waals surface area contributed by atoms with E-state index in [9.17, 15) is 10.2 Å². The van der Waals surface area contributed by atoms with Gasteiger partial charge in [-0.3, -0.25) is 0 Å². The highest BCUT2D eigenvalue weighted by molar-refractivity contribution is 5.49. The van der Waals surface area contributed by atoms with Gasteiger partial charge in [0.05, 0.1) is 7.11 Å². The van der Waals surface area contributed by atoms with Crippen molar-refractivity contribution in [2.45, 2.75) is 19.3 Å². The first-order chi connectivity index (χ1) is 12.2. The van der Waals surface area contributed by atoms with E-state index in [0.29, 0.717) is 12.2 Å². The molecule has 2 N–H and O–H groups in total. The van der Waals surface area contributed by atoms with Crippen LogP contribution >= 0.6 is 0 Å². The molecule has 0 aliphatic carbocycles. The van der Waals surface area contributed by atoms with Crippen LogP contribution in [0.4, 0.5) is 0 Å². The van der Waals surface area contributed by atoms with Crippen molar-refractivity contribution in [1.29, 1.82) is 0 Å². The normalized spacial score (nSPS) is 10.6. The predicted octanol–water partition coefficient (Wildman–Crippen LogP) is 4.48. The van der Waals surface area contributed by atoms with Crippen LogP contribution in [0.2, 0.25) is 0 Å². The number of aryl methyl sites for hydroxylation is 2. The standard InChI is InChI=1S/C22H22O3/c1-25-22-15-20(24)14-18(10-7-16-5-3-2-4-6-16)21(22)13-17-8-11-19(23)12-9-17/h2-6,8-9,11-12,14-15,23-24H,7,10,13H2,1H3. The first kappa shape index (κ1) is 16.9. The Balaban J connectivity index is 1.89. The van der Waals surface area contributed by atoms with E-state index < -0.39 is 0 Å². The minimum absolute atomic E-state index is 0.217. The Morgan fingerprint density at radius 2 is 1.48 bits per heavy atom. The van der Waals surface area contributed by atoms with Gasteiger partial charge in [-0.25, -0.2) is 0 Å². The van der Waals surface area contributed by atoms with Crippen molar-refractivity contribution in [3.8, 4) is 17.2 Å². The molecule has 0 aromatic heterocycles. The molecular formula is C22H22O3. The fraction of sp³-hybridized carbons (Fsp3) is 0.182. The molecule has 0 fully saturated rings. The Labute approximate surface area is 148 Å². The second-order valence-corrected chi connectivity index (χ2v) is 6.11. The number of benzene rings is 3. The Kier molecular flexibility index (Phi) is 5.24. The lowest BCUT2D eigenvalue weighted by atomic mass is 9.94. The zero-order valence-electron chi connectivity index (χ0n) is 14.3. The maximum absolute atomic E-state index is 10.0. The van der Waals surface area contributed by atoms with E-state index in [4.69, 9.17) is 4.74 Å².